The smallest absolute Gasteiger partial charge is 0.320 e. The summed E-state index contributed by atoms with van der Waals surface area (Å²) in [6.07, 6.45) is 2.22. The Labute approximate surface area is 129 Å². The molecule has 0 atom stereocenters. The highest BCUT2D eigenvalue weighted by atomic mass is 16.2. The molecule has 0 spiro atoms. The second kappa shape index (κ2) is 5.98. The lowest BCUT2D eigenvalue weighted by atomic mass is 10.3. The Hall–Kier alpha value is -2.05. The molecule has 2 aliphatic heterocycles. The zero-order valence-corrected chi connectivity index (χ0v) is 13.3. The minimum atomic E-state index is -0.0851. The first-order chi connectivity index (χ1) is 10.6. The lowest BCUT2D eigenvalue weighted by molar-refractivity contribution is 0.159. The predicted octanol–water partition coefficient (Wildman–Crippen LogP) is 0.725. The molecule has 3 heterocycles. The molecule has 0 bridgehead atoms. The van der Waals surface area contributed by atoms with Gasteiger partial charge in [0, 0.05) is 50.5 Å². The zero-order valence-electron chi connectivity index (χ0n) is 13.3. The molecule has 1 aromatic heterocycles. The van der Waals surface area contributed by atoms with Crippen LogP contribution < -0.4 is 10.5 Å². The molecule has 0 saturated carbocycles. The molecule has 2 saturated heterocycles. The van der Waals surface area contributed by atoms with Crippen LogP contribution in [-0.2, 0) is 0 Å². The van der Waals surface area contributed by atoms with Crippen molar-refractivity contribution in [3.8, 4) is 0 Å². The maximum Gasteiger partial charge on any atom is 0.320 e. The van der Waals surface area contributed by atoms with Gasteiger partial charge in [0.1, 0.15) is 0 Å². The topological polar surface area (TPSA) is 72.5 Å². The van der Waals surface area contributed by atoms with Crippen molar-refractivity contribution in [3.05, 3.63) is 21.6 Å². The highest BCUT2D eigenvalue weighted by Gasteiger charge is 2.27. The average molecular weight is 305 g/mol. The van der Waals surface area contributed by atoms with Gasteiger partial charge in [0.15, 0.2) is 0 Å². The molecule has 3 rings (SSSR count). The highest BCUT2D eigenvalue weighted by molar-refractivity contribution is 5.75. The fraction of sp³-hybridized carbons (Fsp3) is 0.667. The number of hydrogen-bond acceptors (Lipinski definition) is 4. The van der Waals surface area contributed by atoms with E-state index in [-0.39, 0.29) is 11.6 Å². The van der Waals surface area contributed by atoms with Gasteiger partial charge in [0.05, 0.1) is 0 Å². The maximum atomic E-state index is 12.4. The molecule has 0 aliphatic carbocycles. The summed E-state index contributed by atoms with van der Waals surface area (Å²) in [6, 6.07) is 0.152. The van der Waals surface area contributed by atoms with Crippen LogP contribution in [0.5, 0.6) is 0 Å². The monoisotopic (exact) mass is 305 g/mol. The van der Waals surface area contributed by atoms with Gasteiger partial charge in [0.25, 0.3) is 5.56 Å². The van der Waals surface area contributed by atoms with E-state index in [0.29, 0.717) is 37.7 Å². The van der Waals surface area contributed by atoms with Gasteiger partial charge in [-0.3, -0.25) is 9.78 Å². The van der Waals surface area contributed by atoms with Crippen molar-refractivity contribution >= 4 is 12.0 Å². The van der Waals surface area contributed by atoms with Crippen molar-refractivity contribution < 1.29 is 4.79 Å². The molecule has 7 heteroatoms. The largest absolute Gasteiger partial charge is 0.339 e. The van der Waals surface area contributed by atoms with Crippen molar-refractivity contribution in [2.75, 3.05) is 44.2 Å². The van der Waals surface area contributed by atoms with Crippen molar-refractivity contribution in [2.24, 2.45) is 0 Å². The van der Waals surface area contributed by atoms with E-state index in [9.17, 15) is 9.59 Å². The Morgan fingerprint density at radius 2 is 1.59 bits per heavy atom. The van der Waals surface area contributed by atoms with Gasteiger partial charge >= 0.3 is 6.03 Å². The van der Waals surface area contributed by atoms with E-state index in [2.05, 4.69) is 9.97 Å². The summed E-state index contributed by atoms with van der Waals surface area (Å²) < 4.78 is 0. The van der Waals surface area contributed by atoms with Crippen molar-refractivity contribution in [1.82, 2.24) is 19.8 Å². The Balaban J connectivity index is 1.64. The van der Waals surface area contributed by atoms with Gasteiger partial charge in [-0.1, -0.05) is 0 Å². The number of aromatic amines is 1. The first-order valence-corrected chi connectivity index (χ1v) is 7.92. The molecule has 0 unspecified atom stereocenters. The molecule has 7 nitrogen and oxygen atoms in total. The molecular weight excluding hydrogens is 282 g/mol. The average Bonchev–Trinajstić information content (AvgIpc) is 3.06. The molecule has 1 aromatic rings. The Morgan fingerprint density at radius 1 is 1.00 bits per heavy atom. The number of aryl methyl sites for hydroxylation is 1. The van der Waals surface area contributed by atoms with E-state index in [0.717, 1.165) is 31.6 Å². The molecule has 22 heavy (non-hydrogen) atoms. The number of urea groups is 1. The van der Waals surface area contributed by atoms with Crippen molar-refractivity contribution in [2.45, 2.75) is 26.7 Å². The normalized spacial score (nSPS) is 18.9. The number of likely N-dealkylation sites (tertiary alicyclic amines) is 1. The highest BCUT2D eigenvalue weighted by Crippen LogP contribution is 2.15. The van der Waals surface area contributed by atoms with E-state index >= 15 is 0 Å². The lowest BCUT2D eigenvalue weighted by Crippen LogP contribution is -2.53. The summed E-state index contributed by atoms with van der Waals surface area (Å²) in [5.41, 5.74) is 1.33. The van der Waals surface area contributed by atoms with Crippen LogP contribution >= 0.6 is 0 Å². The number of nitrogens with one attached hydrogen (secondary N) is 1. The summed E-state index contributed by atoms with van der Waals surface area (Å²) in [7, 11) is 0. The van der Waals surface area contributed by atoms with Gasteiger partial charge in [-0.05, 0) is 26.7 Å². The van der Waals surface area contributed by atoms with Crippen LogP contribution in [0.15, 0.2) is 4.79 Å². The van der Waals surface area contributed by atoms with Gasteiger partial charge < -0.3 is 14.7 Å². The molecule has 2 fully saturated rings. The van der Waals surface area contributed by atoms with Crippen LogP contribution in [0.4, 0.5) is 10.7 Å². The SMILES string of the molecule is Cc1nc(N2CCN(C(=O)N3CCCC3)CC2)[nH]c(=O)c1C. The number of anilines is 1. The van der Waals surface area contributed by atoms with E-state index in [1.54, 1.807) is 6.92 Å². The minimum Gasteiger partial charge on any atom is -0.339 e. The Bertz CT molecular complexity index is 613. The quantitative estimate of drug-likeness (QED) is 0.830. The van der Waals surface area contributed by atoms with Gasteiger partial charge in [-0.25, -0.2) is 9.78 Å². The van der Waals surface area contributed by atoms with Crippen molar-refractivity contribution in [1.29, 1.82) is 0 Å². The van der Waals surface area contributed by atoms with E-state index in [1.165, 1.54) is 0 Å². The lowest BCUT2D eigenvalue weighted by Gasteiger charge is -2.36. The van der Waals surface area contributed by atoms with Crippen molar-refractivity contribution in [3.63, 3.8) is 0 Å². The third kappa shape index (κ3) is 2.80. The van der Waals surface area contributed by atoms with E-state index in [4.69, 9.17) is 0 Å². The number of carbonyl (C=O) groups is 1. The number of piperazine rings is 1. The molecule has 0 radical (unpaired) electrons. The molecule has 2 amide bonds. The number of nitrogens with zero attached hydrogens (tertiary/aromatic N) is 4. The standard InChI is InChI=1S/C15H23N5O2/c1-11-12(2)16-14(17-13(11)21)18-7-9-20(10-8-18)15(22)19-5-3-4-6-19/h3-10H2,1-2H3,(H,16,17,21). The van der Waals surface area contributed by atoms with Crippen LogP contribution in [0.3, 0.4) is 0 Å². The van der Waals surface area contributed by atoms with E-state index in [1.807, 2.05) is 21.6 Å². The first kappa shape index (κ1) is 14.9. The summed E-state index contributed by atoms with van der Waals surface area (Å²) in [6.45, 7) is 8.13. The number of H-pyrrole nitrogens is 1. The molecule has 0 aromatic carbocycles. The van der Waals surface area contributed by atoms with Crippen LogP contribution in [0.25, 0.3) is 0 Å². The minimum absolute atomic E-state index is 0.0851. The number of carbonyl (C=O) groups excluding carboxylic acids is 1. The summed E-state index contributed by atoms with van der Waals surface area (Å²) in [5, 5.41) is 0. The van der Waals surface area contributed by atoms with Crippen LogP contribution in [0, 0.1) is 13.8 Å². The first-order valence-electron chi connectivity index (χ1n) is 7.92. The van der Waals surface area contributed by atoms with Gasteiger partial charge in [0.2, 0.25) is 5.95 Å². The fourth-order valence-corrected chi connectivity index (χ4v) is 3.00. The Morgan fingerprint density at radius 3 is 2.18 bits per heavy atom. The second-order valence-corrected chi connectivity index (χ2v) is 6.05. The summed E-state index contributed by atoms with van der Waals surface area (Å²) in [5.74, 6) is 0.612. The molecular formula is C15H23N5O2. The third-order valence-electron chi connectivity index (χ3n) is 4.61. The predicted molar refractivity (Wildman–Crippen MR) is 84.3 cm³/mol. The molecule has 2 aliphatic rings. The van der Waals surface area contributed by atoms with Crippen LogP contribution in [0.2, 0.25) is 0 Å². The zero-order chi connectivity index (χ0) is 15.7. The number of hydrogen-bond donors (Lipinski definition) is 1. The number of amides is 2. The maximum absolute atomic E-state index is 12.4. The fourth-order valence-electron chi connectivity index (χ4n) is 3.00. The number of aromatic nitrogens is 2. The van der Waals surface area contributed by atoms with Crippen LogP contribution in [-0.4, -0.2) is 65.1 Å². The third-order valence-corrected chi connectivity index (χ3v) is 4.61. The van der Waals surface area contributed by atoms with E-state index < -0.39 is 0 Å². The van der Waals surface area contributed by atoms with Gasteiger partial charge in [-0.2, -0.15) is 0 Å². The molecule has 120 valence electrons. The van der Waals surface area contributed by atoms with Gasteiger partial charge in [-0.15, -0.1) is 0 Å². The van der Waals surface area contributed by atoms with Crippen LogP contribution in [0.1, 0.15) is 24.1 Å². The Kier molecular flexibility index (Phi) is 4.04. The molecule has 1 N–H and O–H groups in total. The summed E-state index contributed by atoms with van der Waals surface area (Å²) >= 11 is 0. The second-order valence-electron chi connectivity index (χ2n) is 6.05. The summed E-state index contributed by atoms with van der Waals surface area (Å²) in [4.78, 5) is 37.4. The number of rotatable bonds is 1.